The summed E-state index contributed by atoms with van der Waals surface area (Å²) in [4.78, 5) is 38.2. The largest absolute Gasteiger partial charge is 0.462 e. The number of allylic oxidation sites excluding steroid dienone is 10. The van der Waals surface area contributed by atoms with E-state index in [4.69, 9.17) is 14.2 Å². The Labute approximate surface area is 453 Å². The SMILES string of the molecule is CCCC/C=C\CCCCCCCC(=O)OCC(COC(=O)CCCCCCCCCCCCCC/C=C\C/C=C\C/C=C\CCCCCCC)OC(=O)CCCCCCCCC/C=C\CCCCCCCC. The molecule has 0 aromatic heterocycles. The summed E-state index contributed by atoms with van der Waals surface area (Å²) in [6, 6.07) is 0. The fraction of sp³-hybridized carbons (Fsp3) is 0.806. The summed E-state index contributed by atoms with van der Waals surface area (Å²) in [5, 5.41) is 0. The van der Waals surface area contributed by atoms with Gasteiger partial charge in [0.15, 0.2) is 6.10 Å². The maximum Gasteiger partial charge on any atom is 0.306 e. The van der Waals surface area contributed by atoms with E-state index in [2.05, 4.69) is 81.5 Å². The van der Waals surface area contributed by atoms with Crippen LogP contribution in [0, 0.1) is 0 Å². The van der Waals surface area contributed by atoms with Crippen LogP contribution in [0.1, 0.15) is 329 Å². The normalized spacial score (nSPS) is 12.4. The molecule has 0 spiro atoms. The molecule has 0 radical (unpaired) electrons. The molecule has 0 saturated heterocycles. The predicted molar refractivity (Wildman–Crippen MR) is 316 cm³/mol. The number of carbonyl (C=O) groups excluding carboxylic acids is 3. The number of esters is 3. The number of carbonyl (C=O) groups is 3. The molecule has 6 nitrogen and oxygen atoms in total. The molecule has 0 amide bonds. The lowest BCUT2D eigenvalue weighted by Gasteiger charge is -2.18. The quantitative estimate of drug-likeness (QED) is 0.0261. The molecule has 0 fully saturated rings. The summed E-state index contributed by atoms with van der Waals surface area (Å²) in [5.74, 6) is -0.880. The Hall–Kier alpha value is -2.89. The molecule has 424 valence electrons. The van der Waals surface area contributed by atoms with Crippen molar-refractivity contribution in [1.29, 1.82) is 0 Å². The number of ether oxygens (including phenoxy) is 3. The molecule has 6 heteroatoms. The van der Waals surface area contributed by atoms with Crippen molar-refractivity contribution in [3.63, 3.8) is 0 Å². The third-order valence-electron chi connectivity index (χ3n) is 14.0. The first-order valence-corrected chi connectivity index (χ1v) is 31.8. The lowest BCUT2D eigenvalue weighted by Crippen LogP contribution is -2.30. The minimum Gasteiger partial charge on any atom is -0.462 e. The summed E-state index contributed by atoms with van der Waals surface area (Å²) in [6.45, 7) is 6.61. The fourth-order valence-corrected chi connectivity index (χ4v) is 9.13. The molecular weight excluding hydrogens is 901 g/mol. The van der Waals surface area contributed by atoms with Gasteiger partial charge in [-0.05, 0) is 103 Å². The van der Waals surface area contributed by atoms with Gasteiger partial charge in [0.05, 0.1) is 0 Å². The third-order valence-corrected chi connectivity index (χ3v) is 14.0. The average molecular weight is 1020 g/mol. The average Bonchev–Trinajstić information content (AvgIpc) is 3.39. The summed E-state index contributed by atoms with van der Waals surface area (Å²) < 4.78 is 16.9. The molecule has 0 aliphatic heterocycles. The highest BCUT2D eigenvalue weighted by Gasteiger charge is 2.19. The van der Waals surface area contributed by atoms with Crippen molar-refractivity contribution < 1.29 is 28.6 Å². The van der Waals surface area contributed by atoms with Gasteiger partial charge in [-0.25, -0.2) is 0 Å². The van der Waals surface area contributed by atoms with Crippen LogP contribution in [-0.4, -0.2) is 37.2 Å². The second kappa shape index (κ2) is 61.7. The maximum atomic E-state index is 12.9. The third kappa shape index (κ3) is 59.9. The van der Waals surface area contributed by atoms with Crippen molar-refractivity contribution in [2.45, 2.75) is 335 Å². The second-order valence-corrected chi connectivity index (χ2v) is 21.3. The van der Waals surface area contributed by atoms with E-state index < -0.39 is 6.10 Å². The highest BCUT2D eigenvalue weighted by atomic mass is 16.6. The highest BCUT2D eigenvalue weighted by Crippen LogP contribution is 2.16. The summed E-state index contributed by atoms with van der Waals surface area (Å²) >= 11 is 0. The van der Waals surface area contributed by atoms with Gasteiger partial charge in [-0.15, -0.1) is 0 Å². The minimum absolute atomic E-state index is 0.0777. The molecule has 0 aromatic rings. The Kier molecular flexibility index (Phi) is 59.2. The van der Waals surface area contributed by atoms with Gasteiger partial charge in [0, 0.05) is 19.3 Å². The van der Waals surface area contributed by atoms with E-state index in [0.29, 0.717) is 19.3 Å². The second-order valence-electron chi connectivity index (χ2n) is 21.3. The van der Waals surface area contributed by atoms with E-state index in [1.54, 1.807) is 0 Å². The Balaban J connectivity index is 4.23. The number of rotatable bonds is 58. The molecule has 0 rings (SSSR count). The van der Waals surface area contributed by atoms with Crippen LogP contribution in [0.5, 0.6) is 0 Å². The topological polar surface area (TPSA) is 78.9 Å². The Bertz CT molecular complexity index is 1310. The first kappa shape index (κ1) is 70.1. The molecule has 0 aliphatic carbocycles. The van der Waals surface area contributed by atoms with Crippen LogP contribution < -0.4 is 0 Å². The molecular formula is C67H120O6. The molecule has 73 heavy (non-hydrogen) atoms. The van der Waals surface area contributed by atoms with E-state index in [-0.39, 0.29) is 31.1 Å². The van der Waals surface area contributed by atoms with Gasteiger partial charge >= 0.3 is 17.9 Å². The van der Waals surface area contributed by atoms with E-state index in [1.165, 1.54) is 212 Å². The fourth-order valence-electron chi connectivity index (χ4n) is 9.13. The molecule has 0 N–H and O–H groups in total. The van der Waals surface area contributed by atoms with Gasteiger partial charge in [0.25, 0.3) is 0 Å². The van der Waals surface area contributed by atoms with Crippen molar-refractivity contribution in [3.8, 4) is 0 Å². The maximum absolute atomic E-state index is 12.9. The van der Waals surface area contributed by atoms with Gasteiger partial charge in [0.1, 0.15) is 13.2 Å². The van der Waals surface area contributed by atoms with Gasteiger partial charge in [-0.3, -0.25) is 14.4 Å². The lowest BCUT2D eigenvalue weighted by molar-refractivity contribution is -0.167. The zero-order valence-corrected chi connectivity index (χ0v) is 48.7. The highest BCUT2D eigenvalue weighted by molar-refractivity contribution is 5.71. The molecule has 0 aromatic carbocycles. The molecule has 0 aliphatic rings. The van der Waals surface area contributed by atoms with Crippen LogP contribution in [0.3, 0.4) is 0 Å². The van der Waals surface area contributed by atoms with Crippen LogP contribution >= 0.6 is 0 Å². The Morgan fingerprint density at radius 3 is 0.822 bits per heavy atom. The number of hydrogen-bond donors (Lipinski definition) is 0. The van der Waals surface area contributed by atoms with E-state index in [0.717, 1.165) is 77.0 Å². The predicted octanol–water partition coefficient (Wildman–Crippen LogP) is 21.6. The van der Waals surface area contributed by atoms with Crippen LogP contribution in [0.2, 0.25) is 0 Å². The van der Waals surface area contributed by atoms with Gasteiger partial charge in [-0.1, -0.05) is 268 Å². The smallest absolute Gasteiger partial charge is 0.306 e. The van der Waals surface area contributed by atoms with Crippen molar-refractivity contribution in [3.05, 3.63) is 60.8 Å². The molecule has 0 saturated carbocycles. The van der Waals surface area contributed by atoms with Crippen LogP contribution in [0.4, 0.5) is 0 Å². The number of unbranched alkanes of at least 4 members (excludes halogenated alkanes) is 37. The molecule has 1 atom stereocenters. The van der Waals surface area contributed by atoms with Crippen molar-refractivity contribution in [2.75, 3.05) is 13.2 Å². The molecule has 0 heterocycles. The number of hydrogen-bond acceptors (Lipinski definition) is 6. The molecule has 1 unspecified atom stereocenters. The van der Waals surface area contributed by atoms with Gasteiger partial charge in [-0.2, -0.15) is 0 Å². The standard InChI is InChI=1S/C67H120O6/c1-4-7-10-13-16-19-22-24-26-28-29-30-31-32-33-34-35-36-37-39-40-42-45-48-51-54-57-60-66(69)72-63-64(62-71-65(68)59-56-53-50-47-44-21-18-15-12-9-6-3)73-67(70)61-58-55-52-49-46-43-41-38-27-25-23-20-17-14-11-8-5-2/h15,18,22,24-25,27-29,31-32,64H,4-14,16-17,19-21,23,26,30,33-63H2,1-3H3/b18-15-,24-22-,27-25-,29-28-,32-31-. The zero-order valence-electron chi connectivity index (χ0n) is 48.7. The molecule has 0 bridgehead atoms. The van der Waals surface area contributed by atoms with E-state index in [9.17, 15) is 14.4 Å². The van der Waals surface area contributed by atoms with E-state index in [1.807, 2.05) is 0 Å². The van der Waals surface area contributed by atoms with Crippen LogP contribution in [0.15, 0.2) is 60.8 Å². The van der Waals surface area contributed by atoms with Crippen molar-refractivity contribution in [1.82, 2.24) is 0 Å². The van der Waals surface area contributed by atoms with Crippen molar-refractivity contribution in [2.24, 2.45) is 0 Å². The van der Waals surface area contributed by atoms with Crippen molar-refractivity contribution >= 4 is 17.9 Å². The monoisotopic (exact) mass is 1020 g/mol. The Morgan fingerprint density at radius 2 is 0.507 bits per heavy atom. The minimum atomic E-state index is -0.780. The van der Waals surface area contributed by atoms with E-state index >= 15 is 0 Å². The van der Waals surface area contributed by atoms with Gasteiger partial charge in [0.2, 0.25) is 0 Å². The summed E-state index contributed by atoms with van der Waals surface area (Å²) in [6.07, 6.45) is 78.0. The summed E-state index contributed by atoms with van der Waals surface area (Å²) in [7, 11) is 0. The first-order valence-electron chi connectivity index (χ1n) is 31.8. The zero-order chi connectivity index (χ0) is 52.9. The summed E-state index contributed by atoms with van der Waals surface area (Å²) in [5.41, 5.74) is 0. The van der Waals surface area contributed by atoms with Gasteiger partial charge < -0.3 is 14.2 Å². The first-order chi connectivity index (χ1) is 36.0. The van der Waals surface area contributed by atoms with Crippen LogP contribution in [0.25, 0.3) is 0 Å². The lowest BCUT2D eigenvalue weighted by atomic mass is 10.0. The Morgan fingerprint density at radius 1 is 0.274 bits per heavy atom. The van der Waals surface area contributed by atoms with Crippen LogP contribution in [-0.2, 0) is 28.6 Å².